The summed E-state index contributed by atoms with van der Waals surface area (Å²) in [6.07, 6.45) is 9.14. The number of benzene rings is 1. The Kier molecular flexibility index (Phi) is 7.40. The Morgan fingerprint density at radius 3 is 2.26 bits per heavy atom. The zero-order chi connectivity index (χ0) is 16.5. The number of nitrogens with zero attached hydrogens (tertiary/aromatic N) is 1. The molecule has 1 aromatic heterocycles. The second-order valence-electron chi connectivity index (χ2n) is 5.95. The van der Waals surface area contributed by atoms with Crippen molar-refractivity contribution in [3.8, 4) is 17.0 Å². The van der Waals surface area contributed by atoms with Crippen LogP contribution >= 0.6 is 11.3 Å². The number of aryl methyl sites for hydroxylation is 1. The number of hydrogen-bond acceptors (Lipinski definition) is 4. The summed E-state index contributed by atoms with van der Waals surface area (Å²) in [4.78, 5) is 5.53. The number of nitrogens with two attached hydrogens (primary N) is 1. The molecule has 0 spiro atoms. The maximum absolute atomic E-state index is 5.82. The third kappa shape index (κ3) is 5.87. The van der Waals surface area contributed by atoms with Gasteiger partial charge in [-0.05, 0) is 37.6 Å². The van der Waals surface area contributed by atoms with Crippen molar-refractivity contribution in [3.63, 3.8) is 0 Å². The van der Waals surface area contributed by atoms with E-state index in [-0.39, 0.29) is 0 Å². The number of anilines is 1. The first-order valence-corrected chi connectivity index (χ1v) is 9.48. The van der Waals surface area contributed by atoms with Gasteiger partial charge in [0, 0.05) is 10.4 Å². The van der Waals surface area contributed by atoms with Gasteiger partial charge in [0.15, 0.2) is 5.13 Å². The van der Waals surface area contributed by atoms with Crippen molar-refractivity contribution in [2.45, 2.75) is 58.8 Å². The number of thiazole rings is 1. The molecular formula is C19H28N2OS. The van der Waals surface area contributed by atoms with Gasteiger partial charge >= 0.3 is 0 Å². The van der Waals surface area contributed by atoms with Crippen LogP contribution < -0.4 is 10.5 Å². The van der Waals surface area contributed by atoms with E-state index in [0.29, 0.717) is 5.13 Å². The van der Waals surface area contributed by atoms with E-state index in [1.165, 1.54) is 49.9 Å². The van der Waals surface area contributed by atoms with Crippen LogP contribution in [0.15, 0.2) is 24.3 Å². The predicted molar refractivity (Wildman–Crippen MR) is 100 cm³/mol. The Balaban J connectivity index is 1.70. The van der Waals surface area contributed by atoms with Crippen molar-refractivity contribution in [2.24, 2.45) is 0 Å². The smallest absolute Gasteiger partial charge is 0.180 e. The highest BCUT2D eigenvalue weighted by molar-refractivity contribution is 7.15. The topological polar surface area (TPSA) is 48.1 Å². The zero-order valence-electron chi connectivity index (χ0n) is 14.3. The molecule has 3 nitrogen and oxygen atoms in total. The number of aromatic nitrogens is 1. The Bertz CT molecular complexity index is 578. The molecule has 0 fully saturated rings. The van der Waals surface area contributed by atoms with Gasteiger partial charge in [0.1, 0.15) is 5.75 Å². The fourth-order valence-electron chi connectivity index (χ4n) is 2.64. The Morgan fingerprint density at radius 1 is 1.00 bits per heavy atom. The van der Waals surface area contributed by atoms with E-state index in [2.05, 4.69) is 24.0 Å². The molecular weight excluding hydrogens is 304 g/mol. The van der Waals surface area contributed by atoms with Crippen LogP contribution in [0.5, 0.6) is 5.75 Å². The molecule has 0 saturated carbocycles. The molecule has 0 aliphatic heterocycles. The third-order valence-corrected chi connectivity index (χ3v) is 4.76. The quantitative estimate of drug-likeness (QED) is 0.557. The van der Waals surface area contributed by atoms with E-state index in [1.807, 2.05) is 19.1 Å². The van der Waals surface area contributed by atoms with Crippen molar-refractivity contribution in [1.29, 1.82) is 0 Å². The lowest BCUT2D eigenvalue weighted by molar-refractivity contribution is 0.304. The first kappa shape index (κ1) is 17.8. The van der Waals surface area contributed by atoms with E-state index in [9.17, 15) is 0 Å². The molecule has 0 saturated heterocycles. The molecule has 2 rings (SSSR count). The molecule has 1 heterocycles. The standard InChI is InChI=1S/C19H28N2OS/c1-3-4-5-6-7-8-9-14-22-17-12-10-16(11-13-17)18-15(2)23-19(20)21-18/h10-13H,3-9,14H2,1-2H3,(H2,20,21). The van der Waals surface area contributed by atoms with E-state index >= 15 is 0 Å². The molecule has 0 bridgehead atoms. The van der Waals surface area contributed by atoms with Crippen LogP contribution in [0, 0.1) is 6.92 Å². The van der Waals surface area contributed by atoms with Gasteiger partial charge in [-0.2, -0.15) is 0 Å². The molecule has 2 aromatic rings. The van der Waals surface area contributed by atoms with Gasteiger partial charge in [0.25, 0.3) is 0 Å². The molecule has 0 radical (unpaired) electrons. The number of unbranched alkanes of at least 4 members (excludes halogenated alkanes) is 6. The van der Waals surface area contributed by atoms with Crippen molar-refractivity contribution in [1.82, 2.24) is 4.98 Å². The maximum atomic E-state index is 5.82. The average Bonchev–Trinajstić information content (AvgIpc) is 2.89. The fraction of sp³-hybridized carbons (Fsp3) is 0.526. The largest absolute Gasteiger partial charge is 0.494 e. The third-order valence-electron chi connectivity index (χ3n) is 3.96. The van der Waals surface area contributed by atoms with Crippen molar-refractivity contribution < 1.29 is 4.74 Å². The van der Waals surface area contributed by atoms with E-state index in [4.69, 9.17) is 10.5 Å². The molecule has 0 unspecified atom stereocenters. The molecule has 1 aromatic carbocycles. The zero-order valence-corrected chi connectivity index (χ0v) is 15.1. The van der Waals surface area contributed by atoms with Gasteiger partial charge < -0.3 is 10.5 Å². The molecule has 0 aliphatic carbocycles. The highest BCUT2D eigenvalue weighted by Gasteiger charge is 2.07. The monoisotopic (exact) mass is 332 g/mol. The Labute approximate surface area is 143 Å². The van der Waals surface area contributed by atoms with Crippen LogP contribution in [-0.4, -0.2) is 11.6 Å². The van der Waals surface area contributed by atoms with Crippen molar-refractivity contribution >= 4 is 16.5 Å². The van der Waals surface area contributed by atoms with Crippen LogP contribution in [-0.2, 0) is 0 Å². The van der Waals surface area contributed by atoms with Crippen LogP contribution in [0.2, 0.25) is 0 Å². The molecule has 0 atom stereocenters. The maximum Gasteiger partial charge on any atom is 0.180 e. The van der Waals surface area contributed by atoms with Crippen molar-refractivity contribution in [3.05, 3.63) is 29.1 Å². The Hall–Kier alpha value is -1.55. The predicted octanol–water partition coefficient (Wildman–Crippen LogP) is 5.83. The van der Waals surface area contributed by atoms with E-state index < -0.39 is 0 Å². The molecule has 2 N–H and O–H groups in total. The average molecular weight is 333 g/mol. The summed E-state index contributed by atoms with van der Waals surface area (Å²) in [7, 11) is 0. The van der Waals surface area contributed by atoms with Gasteiger partial charge in [0.05, 0.1) is 12.3 Å². The first-order chi connectivity index (χ1) is 11.2. The number of nitrogen functional groups attached to an aromatic ring is 1. The lowest BCUT2D eigenvalue weighted by Gasteiger charge is -2.07. The molecule has 0 aliphatic rings. The van der Waals surface area contributed by atoms with E-state index in [1.54, 1.807) is 0 Å². The summed E-state index contributed by atoms with van der Waals surface area (Å²) in [6, 6.07) is 8.15. The highest BCUT2D eigenvalue weighted by atomic mass is 32.1. The van der Waals surface area contributed by atoms with Crippen LogP contribution in [0.1, 0.15) is 56.7 Å². The summed E-state index contributed by atoms with van der Waals surface area (Å²) < 4.78 is 5.82. The second kappa shape index (κ2) is 9.56. The van der Waals surface area contributed by atoms with Crippen LogP contribution in [0.3, 0.4) is 0 Å². The summed E-state index contributed by atoms with van der Waals surface area (Å²) >= 11 is 1.53. The summed E-state index contributed by atoms with van der Waals surface area (Å²) in [5, 5.41) is 0.622. The minimum Gasteiger partial charge on any atom is -0.494 e. The van der Waals surface area contributed by atoms with Gasteiger partial charge in [-0.3, -0.25) is 0 Å². The van der Waals surface area contributed by atoms with Gasteiger partial charge in [0.2, 0.25) is 0 Å². The summed E-state index contributed by atoms with van der Waals surface area (Å²) in [6.45, 7) is 5.11. The molecule has 4 heteroatoms. The van der Waals surface area contributed by atoms with E-state index in [0.717, 1.165) is 34.9 Å². The first-order valence-electron chi connectivity index (χ1n) is 8.67. The number of rotatable bonds is 10. The minimum atomic E-state index is 0.622. The number of hydrogen-bond donors (Lipinski definition) is 1. The van der Waals surface area contributed by atoms with Crippen LogP contribution in [0.25, 0.3) is 11.3 Å². The lowest BCUT2D eigenvalue weighted by atomic mass is 10.1. The number of ether oxygens (including phenoxy) is 1. The van der Waals surface area contributed by atoms with Crippen molar-refractivity contribution in [2.75, 3.05) is 12.3 Å². The van der Waals surface area contributed by atoms with Gasteiger partial charge in [-0.15, -0.1) is 11.3 Å². The van der Waals surface area contributed by atoms with Crippen LogP contribution in [0.4, 0.5) is 5.13 Å². The minimum absolute atomic E-state index is 0.622. The highest BCUT2D eigenvalue weighted by Crippen LogP contribution is 2.29. The van der Waals surface area contributed by atoms with Gasteiger partial charge in [-0.25, -0.2) is 4.98 Å². The summed E-state index contributed by atoms with van der Waals surface area (Å²) in [5.74, 6) is 0.931. The SMILES string of the molecule is CCCCCCCCCOc1ccc(-c2nc(N)sc2C)cc1. The molecule has 23 heavy (non-hydrogen) atoms. The molecule has 126 valence electrons. The molecule has 0 amide bonds. The fourth-order valence-corrected chi connectivity index (χ4v) is 3.35. The summed E-state index contributed by atoms with van der Waals surface area (Å²) in [5.41, 5.74) is 7.84. The normalized spacial score (nSPS) is 10.9. The Morgan fingerprint density at radius 2 is 1.65 bits per heavy atom. The van der Waals surface area contributed by atoms with Gasteiger partial charge in [-0.1, -0.05) is 45.4 Å². The lowest BCUT2D eigenvalue weighted by Crippen LogP contribution is -1.97. The second-order valence-corrected chi connectivity index (χ2v) is 7.19.